The lowest BCUT2D eigenvalue weighted by Crippen LogP contribution is -2.18. The van der Waals surface area contributed by atoms with E-state index in [4.69, 9.17) is 4.74 Å². The number of nitrogens with one attached hydrogen (secondary N) is 1. The minimum atomic E-state index is 0.352. The number of ether oxygens (including phenoxy) is 1. The lowest BCUT2D eigenvalue weighted by molar-refractivity contribution is 0.203. The Bertz CT molecular complexity index is 358. The Balaban J connectivity index is 1.81. The molecule has 1 aliphatic carbocycles. The molecular formula is C16H26N2O. The van der Waals surface area contributed by atoms with Crippen molar-refractivity contribution in [3.63, 3.8) is 0 Å². The summed E-state index contributed by atoms with van der Waals surface area (Å²) in [4.78, 5) is 4.40. The molecule has 1 unspecified atom stereocenters. The summed E-state index contributed by atoms with van der Waals surface area (Å²) in [5.74, 6) is 1.49. The summed E-state index contributed by atoms with van der Waals surface area (Å²) in [7, 11) is 0. The van der Waals surface area contributed by atoms with Crippen LogP contribution in [0.4, 0.5) is 0 Å². The van der Waals surface area contributed by atoms with Crippen molar-refractivity contribution in [3.8, 4) is 5.88 Å². The van der Waals surface area contributed by atoms with Crippen LogP contribution >= 0.6 is 0 Å². The SMILES string of the molecule is CCNC(C)c1ccc(OCC2CCCCC2)nc1. The Morgan fingerprint density at radius 3 is 2.74 bits per heavy atom. The molecule has 0 aliphatic heterocycles. The summed E-state index contributed by atoms with van der Waals surface area (Å²) in [5, 5.41) is 3.38. The van der Waals surface area contributed by atoms with Gasteiger partial charge in [-0.1, -0.05) is 32.3 Å². The molecular weight excluding hydrogens is 236 g/mol. The average Bonchev–Trinajstić information content (AvgIpc) is 2.47. The number of hydrogen-bond donors (Lipinski definition) is 1. The van der Waals surface area contributed by atoms with E-state index in [0.717, 1.165) is 24.9 Å². The Morgan fingerprint density at radius 1 is 1.32 bits per heavy atom. The first-order valence-electron chi connectivity index (χ1n) is 7.61. The average molecular weight is 262 g/mol. The number of pyridine rings is 1. The van der Waals surface area contributed by atoms with Gasteiger partial charge >= 0.3 is 0 Å². The maximum atomic E-state index is 5.81. The van der Waals surface area contributed by atoms with E-state index in [1.165, 1.54) is 37.7 Å². The zero-order valence-electron chi connectivity index (χ0n) is 12.2. The summed E-state index contributed by atoms with van der Waals surface area (Å²) in [6.45, 7) is 6.07. The summed E-state index contributed by atoms with van der Waals surface area (Å²) >= 11 is 0. The van der Waals surface area contributed by atoms with Gasteiger partial charge in [0, 0.05) is 18.3 Å². The summed E-state index contributed by atoms with van der Waals surface area (Å²) in [6.07, 6.45) is 8.67. The monoisotopic (exact) mass is 262 g/mol. The minimum absolute atomic E-state index is 0.352. The first-order valence-corrected chi connectivity index (χ1v) is 7.61. The van der Waals surface area contributed by atoms with E-state index < -0.39 is 0 Å². The fourth-order valence-corrected chi connectivity index (χ4v) is 2.71. The molecule has 0 aromatic carbocycles. The molecule has 2 rings (SSSR count). The molecule has 19 heavy (non-hydrogen) atoms. The predicted octanol–water partition coefficient (Wildman–Crippen LogP) is 3.71. The van der Waals surface area contributed by atoms with Gasteiger partial charge in [0.05, 0.1) is 6.61 Å². The third kappa shape index (κ3) is 4.50. The van der Waals surface area contributed by atoms with Gasteiger partial charge in [-0.05, 0) is 37.8 Å². The van der Waals surface area contributed by atoms with Crippen molar-refractivity contribution < 1.29 is 4.74 Å². The Hall–Kier alpha value is -1.09. The number of rotatable bonds is 6. The van der Waals surface area contributed by atoms with Crippen LogP contribution < -0.4 is 10.1 Å². The van der Waals surface area contributed by atoms with Crippen LogP contribution in [-0.2, 0) is 0 Å². The second-order valence-corrected chi connectivity index (χ2v) is 5.52. The van der Waals surface area contributed by atoms with E-state index in [1.807, 2.05) is 12.3 Å². The summed E-state index contributed by atoms with van der Waals surface area (Å²) < 4.78 is 5.81. The van der Waals surface area contributed by atoms with Gasteiger partial charge in [-0.3, -0.25) is 0 Å². The first kappa shape index (κ1) is 14.3. The van der Waals surface area contributed by atoms with Crippen molar-refractivity contribution in [2.45, 2.75) is 52.0 Å². The highest BCUT2D eigenvalue weighted by Gasteiger charge is 2.14. The highest BCUT2D eigenvalue weighted by atomic mass is 16.5. The van der Waals surface area contributed by atoms with Crippen LogP contribution in [-0.4, -0.2) is 18.1 Å². The minimum Gasteiger partial charge on any atom is -0.477 e. The maximum absolute atomic E-state index is 5.81. The molecule has 0 radical (unpaired) electrons. The highest BCUT2D eigenvalue weighted by molar-refractivity contribution is 5.20. The van der Waals surface area contributed by atoms with Crippen molar-refractivity contribution >= 4 is 0 Å². The third-order valence-corrected chi connectivity index (χ3v) is 3.96. The molecule has 0 saturated heterocycles. The Kier molecular flexibility index (Phi) is 5.64. The van der Waals surface area contributed by atoms with Crippen molar-refractivity contribution in [2.75, 3.05) is 13.2 Å². The van der Waals surface area contributed by atoms with Crippen molar-refractivity contribution in [3.05, 3.63) is 23.9 Å². The Morgan fingerprint density at radius 2 is 2.11 bits per heavy atom. The van der Waals surface area contributed by atoms with Gasteiger partial charge in [0.15, 0.2) is 0 Å². The predicted molar refractivity (Wildman–Crippen MR) is 78.4 cm³/mol. The molecule has 1 aliphatic rings. The maximum Gasteiger partial charge on any atom is 0.213 e. The van der Waals surface area contributed by atoms with Gasteiger partial charge in [0.25, 0.3) is 0 Å². The molecule has 1 aromatic heterocycles. The van der Waals surface area contributed by atoms with Crippen molar-refractivity contribution in [1.82, 2.24) is 10.3 Å². The van der Waals surface area contributed by atoms with E-state index in [9.17, 15) is 0 Å². The molecule has 0 amide bonds. The second-order valence-electron chi connectivity index (χ2n) is 5.52. The molecule has 0 spiro atoms. The van der Waals surface area contributed by atoms with Gasteiger partial charge < -0.3 is 10.1 Å². The molecule has 1 aromatic rings. The number of hydrogen-bond acceptors (Lipinski definition) is 3. The van der Waals surface area contributed by atoms with E-state index in [-0.39, 0.29) is 0 Å². The molecule has 1 N–H and O–H groups in total. The van der Waals surface area contributed by atoms with Gasteiger partial charge in [-0.15, -0.1) is 0 Å². The first-order chi connectivity index (χ1) is 9.29. The van der Waals surface area contributed by atoms with E-state index in [1.54, 1.807) is 0 Å². The molecule has 3 nitrogen and oxygen atoms in total. The third-order valence-electron chi connectivity index (χ3n) is 3.96. The van der Waals surface area contributed by atoms with Gasteiger partial charge in [0.2, 0.25) is 5.88 Å². The van der Waals surface area contributed by atoms with Gasteiger partial charge in [-0.25, -0.2) is 4.98 Å². The van der Waals surface area contributed by atoms with Crippen LogP contribution in [0.2, 0.25) is 0 Å². The van der Waals surface area contributed by atoms with Crippen LogP contribution in [0.1, 0.15) is 57.6 Å². The quantitative estimate of drug-likeness (QED) is 0.848. The summed E-state index contributed by atoms with van der Waals surface area (Å²) in [5.41, 5.74) is 1.21. The fourth-order valence-electron chi connectivity index (χ4n) is 2.71. The normalized spacial score (nSPS) is 18.2. The topological polar surface area (TPSA) is 34.1 Å². The van der Waals surface area contributed by atoms with Crippen LogP contribution in [0.3, 0.4) is 0 Å². The van der Waals surface area contributed by atoms with E-state index in [2.05, 4.69) is 30.2 Å². The largest absolute Gasteiger partial charge is 0.477 e. The standard InChI is InChI=1S/C16H26N2O/c1-3-17-13(2)15-9-10-16(18-11-15)19-12-14-7-5-4-6-8-14/h9-11,13-14,17H,3-8,12H2,1-2H3. The molecule has 1 fully saturated rings. The van der Waals surface area contributed by atoms with Crippen LogP contribution in [0.5, 0.6) is 5.88 Å². The molecule has 1 saturated carbocycles. The second kappa shape index (κ2) is 7.49. The molecule has 1 heterocycles. The van der Waals surface area contributed by atoms with Crippen molar-refractivity contribution in [1.29, 1.82) is 0 Å². The molecule has 106 valence electrons. The summed E-state index contributed by atoms with van der Waals surface area (Å²) in [6, 6.07) is 4.45. The lowest BCUT2D eigenvalue weighted by atomic mass is 9.90. The molecule has 3 heteroatoms. The molecule has 1 atom stereocenters. The van der Waals surface area contributed by atoms with Gasteiger partial charge in [-0.2, -0.15) is 0 Å². The zero-order chi connectivity index (χ0) is 13.5. The lowest BCUT2D eigenvalue weighted by Gasteiger charge is -2.21. The van der Waals surface area contributed by atoms with Gasteiger partial charge in [0.1, 0.15) is 0 Å². The Labute approximate surface area is 116 Å². The fraction of sp³-hybridized carbons (Fsp3) is 0.688. The highest BCUT2D eigenvalue weighted by Crippen LogP contribution is 2.24. The van der Waals surface area contributed by atoms with Crippen LogP contribution in [0.25, 0.3) is 0 Å². The number of nitrogens with zero attached hydrogens (tertiary/aromatic N) is 1. The van der Waals surface area contributed by atoms with Crippen molar-refractivity contribution in [2.24, 2.45) is 5.92 Å². The number of aromatic nitrogens is 1. The van der Waals surface area contributed by atoms with E-state index >= 15 is 0 Å². The molecule has 0 bridgehead atoms. The van der Waals surface area contributed by atoms with Crippen LogP contribution in [0, 0.1) is 5.92 Å². The van der Waals surface area contributed by atoms with E-state index in [0.29, 0.717) is 6.04 Å². The zero-order valence-corrected chi connectivity index (χ0v) is 12.2. The smallest absolute Gasteiger partial charge is 0.213 e. The van der Waals surface area contributed by atoms with Crippen LogP contribution in [0.15, 0.2) is 18.3 Å².